The molecular formula is C13H18N2O4S. The van der Waals surface area contributed by atoms with Crippen molar-refractivity contribution in [3.05, 3.63) is 29.8 Å². The molecule has 110 valence electrons. The van der Waals surface area contributed by atoms with Crippen LogP contribution < -0.4 is 5.73 Å². The second-order valence-corrected chi connectivity index (χ2v) is 6.92. The molecule has 0 radical (unpaired) electrons. The number of nitrogens with two attached hydrogens (primary N) is 1. The summed E-state index contributed by atoms with van der Waals surface area (Å²) in [6, 6.07) is 5.68. The molecule has 1 heterocycles. The Balaban J connectivity index is 2.33. The minimum atomic E-state index is -3.62. The summed E-state index contributed by atoms with van der Waals surface area (Å²) < 4.78 is 31.0. The van der Waals surface area contributed by atoms with Gasteiger partial charge < -0.3 is 10.5 Å². The summed E-state index contributed by atoms with van der Waals surface area (Å²) in [6.45, 7) is 2.61. The summed E-state index contributed by atoms with van der Waals surface area (Å²) in [4.78, 5) is 11.6. The van der Waals surface area contributed by atoms with Crippen LogP contribution in [0.15, 0.2) is 29.2 Å². The van der Waals surface area contributed by atoms with Gasteiger partial charge >= 0.3 is 5.97 Å². The third-order valence-corrected chi connectivity index (χ3v) is 5.36. The Morgan fingerprint density at radius 2 is 2.10 bits per heavy atom. The summed E-state index contributed by atoms with van der Waals surface area (Å²) in [5.74, 6) is -0.442. The fourth-order valence-corrected chi connectivity index (χ4v) is 3.82. The van der Waals surface area contributed by atoms with Crippen molar-refractivity contribution in [1.29, 1.82) is 0 Å². The average molecular weight is 298 g/mol. The lowest BCUT2D eigenvalue weighted by atomic mass is 10.1. The third kappa shape index (κ3) is 2.70. The minimum Gasteiger partial charge on any atom is -0.465 e. The van der Waals surface area contributed by atoms with E-state index in [-0.39, 0.29) is 22.4 Å². The largest absolute Gasteiger partial charge is 0.465 e. The maximum atomic E-state index is 12.5. The molecule has 6 nitrogen and oxygen atoms in total. The first-order chi connectivity index (χ1) is 9.36. The number of carbonyl (C=O) groups excluding carboxylic acids is 1. The molecular weight excluding hydrogens is 280 g/mol. The Labute approximate surface area is 118 Å². The lowest BCUT2D eigenvalue weighted by Gasteiger charge is -2.16. The molecule has 1 aliphatic rings. The standard InChI is InChI=1S/C13H18N2O4S/c1-9-7-15(8-12(9)14)20(17,18)11-5-3-4-10(6-11)13(16)19-2/h3-6,9,12H,7-8,14H2,1-2H3. The highest BCUT2D eigenvalue weighted by Crippen LogP contribution is 2.24. The number of esters is 1. The molecule has 7 heteroatoms. The number of rotatable bonds is 3. The molecule has 1 aliphatic heterocycles. The second kappa shape index (κ2) is 5.51. The molecule has 2 rings (SSSR count). The van der Waals surface area contributed by atoms with Crippen molar-refractivity contribution in [3.63, 3.8) is 0 Å². The lowest BCUT2D eigenvalue weighted by molar-refractivity contribution is 0.0600. The number of carbonyl (C=O) groups is 1. The van der Waals surface area contributed by atoms with Crippen LogP contribution in [0, 0.1) is 5.92 Å². The number of hydrogen-bond donors (Lipinski definition) is 1. The van der Waals surface area contributed by atoms with E-state index in [0.717, 1.165) is 0 Å². The van der Waals surface area contributed by atoms with Gasteiger partial charge in [0.1, 0.15) is 0 Å². The highest BCUT2D eigenvalue weighted by atomic mass is 32.2. The number of methoxy groups -OCH3 is 1. The van der Waals surface area contributed by atoms with Crippen molar-refractivity contribution in [2.75, 3.05) is 20.2 Å². The quantitative estimate of drug-likeness (QED) is 0.818. The number of nitrogens with zero attached hydrogens (tertiary/aromatic N) is 1. The Morgan fingerprint density at radius 1 is 1.40 bits per heavy atom. The van der Waals surface area contributed by atoms with Crippen LogP contribution in [0.4, 0.5) is 0 Å². The fourth-order valence-electron chi connectivity index (χ4n) is 2.19. The zero-order valence-electron chi connectivity index (χ0n) is 11.4. The number of sulfonamides is 1. The predicted molar refractivity (Wildman–Crippen MR) is 73.7 cm³/mol. The molecule has 1 saturated heterocycles. The van der Waals surface area contributed by atoms with Gasteiger partial charge in [0.2, 0.25) is 10.0 Å². The van der Waals surface area contributed by atoms with Gasteiger partial charge in [0, 0.05) is 19.1 Å². The van der Waals surface area contributed by atoms with Gasteiger partial charge in [0.15, 0.2) is 0 Å². The van der Waals surface area contributed by atoms with Crippen LogP contribution in [-0.2, 0) is 14.8 Å². The van der Waals surface area contributed by atoms with Gasteiger partial charge in [-0.05, 0) is 24.1 Å². The fraction of sp³-hybridized carbons (Fsp3) is 0.462. The number of ether oxygens (including phenoxy) is 1. The highest BCUT2D eigenvalue weighted by Gasteiger charge is 2.35. The van der Waals surface area contributed by atoms with E-state index >= 15 is 0 Å². The van der Waals surface area contributed by atoms with Crippen LogP contribution in [0.1, 0.15) is 17.3 Å². The summed E-state index contributed by atoms with van der Waals surface area (Å²) in [5.41, 5.74) is 6.08. The summed E-state index contributed by atoms with van der Waals surface area (Å²) in [7, 11) is -2.37. The van der Waals surface area contributed by atoms with E-state index in [9.17, 15) is 13.2 Å². The topological polar surface area (TPSA) is 89.7 Å². The van der Waals surface area contributed by atoms with E-state index in [4.69, 9.17) is 5.73 Å². The molecule has 2 N–H and O–H groups in total. The van der Waals surface area contributed by atoms with Crippen molar-refractivity contribution >= 4 is 16.0 Å². The van der Waals surface area contributed by atoms with Crippen LogP contribution in [-0.4, -0.2) is 44.9 Å². The molecule has 1 fully saturated rings. The van der Waals surface area contributed by atoms with Gasteiger partial charge in [0.25, 0.3) is 0 Å². The first-order valence-electron chi connectivity index (χ1n) is 6.30. The SMILES string of the molecule is COC(=O)c1cccc(S(=O)(=O)N2CC(C)C(N)C2)c1. The third-order valence-electron chi connectivity index (χ3n) is 3.53. The molecule has 1 aromatic rings. The van der Waals surface area contributed by atoms with E-state index in [2.05, 4.69) is 4.74 Å². The molecule has 2 atom stereocenters. The van der Waals surface area contributed by atoms with Crippen LogP contribution in [0.25, 0.3) is 0 Å². The van der Waals surface area contributed by atoms with E-state index in [0.29, 0.717) is 13.1 Å². The number of hydrogen-bond acceptors (Lipinski definition) is 5. The molecule has 20 heavy (non-hydrogen) atoms. The van der Waals surface area contributed by atoms with Gasteiger partial charge in [-0.15, -0.1) is 0 Å². The van der Waals surface area contributed by atoms with Gasteiger partial charge in [-0.2, -0.15) is 4.31 Å². The Kier molecular flexibility index (Phi) is 4.12. The van der Waals surface area contributed by atoms with Crippen LogP contribution in [0.3, 0.4) is 0 Å². The Hall–Kier alpha value is -1.44. The van der Waals surface area contributed by atoms with Gasteiger partial charge in [-0.3, -0.25) is 0 Å². The van der Waals surface area contributed by atoms with Gasteiger partial charge in [0.05, 0.1) is 17.6 Å². The van der Waals surface area contributed by atoms with Crippen molar-refractivity contribution in [2.45, 2.75) is 17.9 Å². The monoisotopic (exact) mass is 298 g/mol. The smallest absolute Gasteiger partial charge is 0.337 e. The van der Waals surface area contributed by atoms with E-state index in [1.807, 2.05) is 6.92 Å². The van der Waals surface area contributed by atoms with Crippen molar-refractivity contribution in [1.82, 2.24) is 4.31 Å². The maximum Gasteiger partial charge on any atom is 0.337 e. The summed E-state index contributed by atoms with van der Waals surface area (Å²) in [5, 5.41) is 0. The van der Waals surface area contributed by atoms with Gasteiger partial charge in [-0.25, -0.2) is 13.2 Å². The van der Waals surface area contributed by atoms with Crippen molar-refractivity contribution in [3.8, 4) is 0 Å². The van der Waals surface area contributed by atoms with E-state index < -0.39 is 16.0 Å². The van der Waals surface area contributed by atoms with Gasteiger partial charge in [-0.1, -0.05) is 13.0 Å². The molecule has 0 bridgehead atoms. The van der Waals surface area contributed by atoms with E-state index in [1.54, 1.807) is 0 Å². The first kappa shape index (κ1) is 15.0. The highest BCUT2D eigenvalue weighted by molar-refractivity contribution is 7.89. The zero-order chi connectivity index (χ0) is 14.9. The molecule has 0 amide bonds. The van der Waals surface area contributed by atoms with E-state index in [1.165, 1.54) is 35.7 Å². The molecule has 0 saturated carbocycles. The van der Waals surface area contributed by atoms with Crippen molar-refractivity contribution < 1.29 is 17.9 Å². The summed E-state index contributed by atoms with van der Waals surface area (Å²) >= 11 is 0. The number of benzene rings is 1. The molecule has 0 aliphatic carbocycles. The van der Waals surface area contributed by atoms with Crippen LogP contribution in [0.2, 0.25) is 0 Å². The van der Waals surface area contributed by atoms with Crippen molar-refractivity contribution in [2.24, 2.45) is 11.7 Å². The maximum absolute atomic E-state index is 12.5. The second-order valence-electron chi connectivity index (χ2n) is 4.98. The predicted octanol–water partition coefficient (Wildman–Crippen LogP) is 0.441. The Bertz CT molecular complexity index is 605. The Morgan fingerprint density at radius 3 is 2.65 bits per heavy atom. The minimum absolute atomic E-state index is 0.0849. The lowest BCUT2D eigenvalue weighted by Crippen LogP contribution is -2.32. The summed E-state index contributed by atoms with van der Waals surface area (Å²) in [6.07, 6.45) is 0. The molecule has 0 aromatic heterocycles. The van der Waals surface area contributed by atoms with Crippen LogP contribution in [0.5, 0.6) is 0 Å². The average Bonchev–Trinajstić information content (AvgIpc) is 2.78. The first-order valence-corrected chi connectivity index (χ1v) is 7.74. The van der Waals surface area contributed by atoms with Crippen LogP contribution >= 0.6 is 0 Å². The molecule has 0 spiro atoms. The normalized spacial score (nSPS) is 23.8. The molecule has 1 aromatic carbocycles. The zero-order valence-corrected chi connectivity index (χ0v) is 12.3. The molecule has 2 unspecified atom stereocenters.